The van der Waals surface area contributed by atoms with E-state index in [1.165, 1.54) is 18.9 Å². The predicted octanol–water partition coefficient (Wildman–Crippen LogP) is 5.09. The number of hydrogen-bond donors (Lipinski definition) is 0. The van der Waals surface area contributed by atoms with Gasteiger partial charge in [-0.2, -0.15) is 13.2 Å². The summed E-state index contributed by atoms with van der Waals surface area (Å²) >= 11 is 0. The fourth-order valence-electron chi connectivity index (χ4n) is 4.36. The Morgan fingerprint density at radius 3 is 2.70 bits per heavy atom. The molecule has 1 amide bonds. The Balaban J connectivity index is 1.56. The minimum Gasteiger partial charge on any atom is -0.338 e. The smallest absolute Gasteiger partial charge is 0.338 e. The van der Waals surface area contributed by atoms with E-state index in [1.807, 2.05) is 4.90 Å². The van der Waals surface area contributed by atoms with E-state index in [9.17, 15) is 18.0 Å². The Labute approximate surface area is 170 Å². The molecule has 3 heterocycles. The third kappa shape index (κ3) is 3.34. The molecule has 8 heteroatoms. The lowest BCUT2D eigenvalue weighted by molar-refractivity contribution is -0.137. The molecular weight excluding hydrogens is 395 g/mol. The number of nitrogens with zero attached hydrogens (tertiary/aromatic N) is 3. The van der Waals surface area contributed by atoms with Crippen molar-refractivity contribution < 1.29 is 22.5 Å². The summed E-state index contributed by atoms with van der Waals surface area (Å²) in [4.78, 5) is 19.5. The number of rotatable bonds is 3. The topological polar surface area (TPSA) is 59.2 Å². The number of carbonyl (C=O) groups is 1. The number of likely N-dealkylation sites (tertiary alicyclic amines) is 1. The minimum absolute atomic E-state index is 0.148. The van der Waals surface area contributed by atoms with E-state index in [1.54, 1.807) is 19.1 Å². The van der Waals surface area contributed by atoms with Crippen LogP contribution in [0.4, 0.5) is 13.2 Å². The number of benzene rings is 1. The first-order valence-electron chi connectivity index (χ1n) is 10.0. The zero-order valence-corrected chi connectivity index (χ0v) is 16.4. The van der Waals surface area contributed by atoms with Crippen LogP contribution in [0.1, 0.15) is 40.9 Å². The van der Waals surface area contributed by atoms with Crippen LogP contribution in [0.2, 0.25) is 0 Å². The van der Waals surface area contributed by atoms with Gasteiger partial charge in [-0.3, -0.25) is 4.79 Å². The van der Waals surface area contributed by atoms with Crippen LogP contribution in [0, 0.1) is 18.8 Å². The Hall–Kier alpha value is -2.90. The Morgan fingerprint density at radius 2 is 1.97 bits per heavy atom. The lowest BCUT2D eigenvalue weighted by Crippen LogP contribution is -2.29. The van der Waals surface area contributed by atoms with Gasteiger partial charge in [0, 0.05) is 18.7 Å². The average molecular weight is 415 g/mol. The third-order valence-corrected chi connectivity index (χ3v) is 6.13. The highest BCUT2D eigenvalue weighted by molar-refractivity contribution is 6.07. The van der Waals surface area contributed by atoms with Gasteiger partial charge in [-0.1, -0.05) is 17.3 Å². The van der Waals surface area contributed by atoms with Gasteiger partial charge in [-0.25, -0.2) is 4.98 Å². The Bertz CT molecular complexity index is 1130. The van der Waals surface area contributed by atoms with E-state index >= 15 is 0 Å². The Morgan fingerprint density at radius 1 is 1.17 bits per heavy atom. The second kappa shape index (κ2) is 6.82. The highest BCUT2D eigenvalue weighted by Gasteiger charge is 2.38. The standard InChI is InChI=1S/C22H20F3N3O2/c1-12-19-17(21(29)28-8-7-15(11-28)13-5-6-13)10-18(26-20(19)30-27-12)14-3-2-4-16(9-14)22(23,24)25/h2-4,9-10,13,15H,5-8,11H2,1H3. The summed E-state index contributed by atoms with van der Waals surface area (Å²) in [6.07, 6.45) is -1.00. The van der Waals surface area contributed by atoms with Crippen molar-refractivity contribution in [2.75, 3.05) is 13.1 Å². The third-order valence-electron chi connectivity index (χ3n) is 6.13. The van der Waals surface area contributed by atoms with Gasteiger partial charge < -0.3 is 9.42 Å². The molecule has 5 rings (SSSR count). The van der Waals surface area contributed by atoms with Crippen LogP contribution in [-0.2, 0) is 6.18 Å². The highest BCUT2D eigenvalue weighted by atomic mass is 19.4. The number of fused-ring (bicyclic) bond motifs is 1. The van der Waals surface area contributed by atoms with Crippen molar-refractivity contribution in [1.82, 2.24) is 15.0 Å². The number of alkyl halides is 3. The number of halogens is 3. The lowest BCUT2D eigenvalue weighted by Gasteiger charge is -2.17. The van der Waals surface area contributed by atoms with Crippen LogP contribution < -0.4 is 0 Å². The molecule has 0 N–H and O–H groups in total. The van der Waals surface area contributed by atoms with E-state index in [0.717, 1.165) is 31.0 Å². The van der Waals surface area contributed by atoms with Gasteiger partial charge in [0.25, 0.3) is 11.6 Å². The summed E-state index contributed by atoms with van der Waals surface area (Å²) < 4.78 is 44.7. The van der Waals surface area contributed by atoms with E-state index in [0.29, 0.717) is 29.1 Å². The molecule has 1 aliphatic heterocycles. The van der Waals surface area contributed by atoms with Crippen LogP contribution in [0.3, 0.4) is 0 Å². The van der Waals surface area contributed by atoms with Crippen LogP contribution >= 0.6 is 0 Å². The van der Waals surface area contributed by atoms with Gasteiger partial charge in [0.2, 0.25) is 0 Å². The van der Waals surface area contributed by atoms with Crippen LogP contribution in [0.25, 0.3) is 22.4 Å². The van der Waals surface area contributed by atoms with Crippen LogP contribution in [0.5, 0.6) is 0 Å². The van der Waals surface area contributed by atoms with Crippen LogP contribution in [0.15, 0.2) is 34.9 Å². The Kier molecular flexibility index (Phi) is 4.34. The van der Waals surface area contributed by atoms with Crippen molar-refractivity contribution >= 4 is 17.0 Å². The molecule has 0 bridgehead atoms. The van der Waals surface area contributed by atoms with Gasteiger partial charge in [0.15, 0.2) is 0 Å². The number of amides is 1. The molecule has 0 radical (unpaired) electrons. The molecule has 3 aromatic rings. The summed E-state index contributed by atoms with van der Waals surface area (Å²) in [5.74, 6) is 1.11. The molecule has 1 atom stereocenters. The summed E-state index contributed by atoms with van der Waals surface area (Å²) in [7, 11) is 0. The average Bonchev–Trinajstić information content (AvgIpc) is 3.34. The number of carbonyl (C=O) groups excluding carboxylic acids is 1. The molecule has 1 unspecified atom stereocenters. The van der Waals surface area contributed by atoms with Gasteiger partial charge in [0.1, 0.15) is 0 Å². The SMILES string of the molecule is Cc1noc2nc(-c3cccc(C(F)(F)F)c3)cc(C(=O)N3CCC(C4CC4)C3)c12. The van der Waals surface area contributed by atoms with Gasteiger partial charge in [-0.15, -0.1) is 0 Å². The first-order valence-corrected chi connectivity index (χ1v) is 10.0. The van der Waals surface area contributed by atoms with E-state index in [2.05, 4.69) is 10.1 Å². The quantitative estimate of drug-likeness (QED) is 0.598. The first kappa shape index (κ1) is 19.1. The van der Waals surface area contributed by atoms with Crippen LogP contribution in [-0.4, -0.2) is 34.0 Å². The van der Waals surface area contributed by atoms with Crippen molar-refractivity contribution in [1.29, 1.82) is 0 Å². The van der Waals surface area contributed by atoms with Crippen molar-refractivity contribution in [2.24, 2.45) is 11.8 Å². The number of aromatic nitrogens is 2. The molecular formula is C22H20F3N3O2. The van der Waals surface area contributed by atoms with Gasteiger partial charge in [-0.05, 0) is 56.2 Å². The molecule has 1 saturated carbocycles. The zero-order valence-electron chi connectivity index (χ0n) is 16.4. The molecule has 2 fully saturated rings. The molecule has 2 aromatic heterocycles. The normalized spacial score (nSPS) is 19.6. The molecule has 1 aliphatic carbocycles. The van der Waals surface area contributed by atoms with Crippen molar-refractivity contribution in [2.45, 2.75) is 32.4 Å². The summed E-state index contributed by atoms with van der Waals surface area (Å²) in [5.41, 5.74) is 0.828. The molecule has 30 heavy (non-hydrogen) atoms. The fourth-order valence-corrected chi connectivity index (χ4v) is 4.36. The number of pyridine rings is 1. The lowest BCUT2D eigenvalue weighted by atomic mass is 10.0. The summed E-state index contributed by atoms with van der Waals surface area (Å²) in [6.45, 7) is 3.13. The molecule has 2 aliphatic rings. The molecule has 0 spiro atoms. The van der Waals surface area contributed by atoms with E-state index in [-0.39, 0.29) is 22.9 Å². The van der Waals surface area contributed by atoms with Gasteiger partial charge >= 0.3 is 6.18 Å². The maximum absolute atomic E-state index is 13.4. The number of hydrogen-bond acceptors (Lipinski definition) is 4. The first-order chi connectivity index (χ1) is 14.3. The number of aryl methyl sites for hydroxylation is 1. The molecule has 1 saturated heterocycles. The van der Waals surface area contributed by atoms with E-state index in [4.69, 9.17) is 4.52 Å². The highest BCUT2D eigenvalue weighted by Crippen LogP contribution is 2.42. The molecule has 1 aromatic carbocycles. The van der Waals surface area contributed by atoms with Crippen molar-refractivity contribution in [3.63, 3.8) is 0 Å². The minimum atomic E-state index is -4.46. The monoisotopic (exact) mass is 415 g/mol. The van der Waals surface area contributed by atoms with Crippen molar-refractivity contribution in [3.8, 4) is 11.3 Å². The largest absolute Gasteiger partial charge is 0.416 e. The summed E-state index contributed by atoms with van der Waals surface area (Å²) in [6, 6.07) is 6.48. The maximum atomic E-state index is 13.4. The van der Waals surface area contributed by atoms with Crippen molar-refractivity contribution in [3.05, 3.63) is 47.2 Å². The molecule has 156 valence electrons. The molecule has 5 nitrogen and oxygen atoms in total. The second-order valence-corrected chi connectivity index (χ2v) is 8.22. The van der Waals surface area contributed by atoms with E-state index < -0.39 is 11.7 Å². The summed E-state index contributed by atoms with van der Waals surface area (Å²) in [5, 5.41) is 4.44. The second-order valence-electron chi connectivity index (χ2n) is 8.22. The predicted molar refractivity (Wildman–Crippen MR) is 104 cm³/mol. The fraction of sp³-hybridized carbons (Fsp3) is 0.409. The maximum Gasteiger partial charge on any atom is 0.416 e. The zero-order chi connectivity index (χ0) is 21.0. The van der Waals surface area contributed by atoms with Gasteiger partial charge in [0.05, 0.1) is 27.9 Å².